The molecule has 4 N–H and O–H groups in total. The average molecular weight is 239 g/mol. The zero-order valence-corrected chi connectivity index (χ0v) is 9.20. The van der Waals surface area contributed by atoms with Gasteiger partial charge in [-0.05, 0) is 6.07 Å². The fraction of sp³-hybridized carbons (Fsp3) is 0.273. The third-order valence-corrected chi connectivity index (χ3v) is 2.07. The number of amides is 2. The summed E-state index contributed by atoms with van der Waals surface area (Å²) >= 11 is 0. The molecule has 1 aromatic carbocycles. The highest BCUT2D eigenvalue weighted by Crippen LogP contribution is 2.04. The van der Waals surface area contributed by atoms with E-state index in [1.165, 1.54) is 6.07 Å². The number of rotatable bonds is 5. The molecule has 0 aliphatic heterocycles. The Morgan fingerprint density at radius 2 is 1.88 bits per heavy atom. The Morgan fingerprint density at radius 1 is 1.18 bits per heavy atom. The fourth-order valence-electron chi connectivity index (χ4n) is 1.15. The second kappa shape index (κ2) is 6.59. The first-order valence-corrected chi connectivity index (χ1v) is 5.10. The zero-order chi connectivity index (χ0) is 12.7. The van der Waals surface area contributed by atoms with Gasteiger partial charge in [-0.25, -0.2) is 4.39 Å². The summed E-state index contributed by atoms with van der Waals surface area (Å²) in [7, 11) is 0. The lowest BCUT2D eigenvalue weighted by Crippen LogP contribution is -2.39. The van der Waals surface area contributed by atoms with Crippen LogP contribution in [0.25, 0.3) is 0 Å². The van der Waals surface area contributed by atoms with Crippen molar-refractivity contribution in [1.82, 2.24) is 10.6 Å². The van der Waals surface area contributed by atoms with Gasteiger partial charge in [0.15, 0.2) is 0 Å². The zero-order valence-electron chi connectivity index (χ0n) is 9.20. The maximum atomic E-state index is 13.2. The number of carbonyl (C=O) groups is 2. The van der Waals surface area contributed by atoms with Crippen LogP contribution in [0.3, 0.4) is 0 Å². The smallest absolute Gasteiger partial charge is 0.239 e. The van der Waals surface area contributed by atoms with E-state index in [9.17, 15) is 14.0 Å². The van der Waals surface area contributed by atoms with E-state index in [0.717, 1.165) is 0 Å². The van der Waals surface area contributed by atoms with Gasteiger partial charge in [0.25, 0.3) is 0 Å². The van der Waals surface area contributed by atoms with Crippen molar-refractivity contribution in [1.29, 1.82) is 0 Å². The number of hydrogen-bond acceptors (Lipinski definition) is 3. The Morgan fingerprint density at radius 3 is 2.53 bits per heavy atom. The van der Waals surface area contributed by atoms with Crippen LogP contribution in [0.15, 0.2) is 24.3 Å². The van der Waals surface area contributed by atoms with Gasteiger partial charge in [-0.1, -0.05) is 18.2 Å². The second-order valence-electron chi connectivity index (χ2n) is 3.35. The molecule has 5 nitrogen and oxygen atoms in total. The lowest BCUT2D eigenvalue weighted by atomic mass is 10.2. The van der Waals surface area contributed by atoms with Crippen molar-refractivity contribution in [3.63, 3.8) is 0 Å². The largest absolute Gasteiger partial charge is 0.350 e. The van der Waals surface area contributed by atoms with Crippen LogP contribution in [0.1, 0.15) is 5.56 Å². The molecule has 0 aliphatic rings. The minimum atomic E-state index is -0.411. The number of halogens is 1. The summed E-state index contributed by atoms with van der Waals surface area (Å²) in [6, 6.07) is 6.15. The Bertz CT molecular complexity index is 409. The highest BCUT2D eigenvalue weighted by atomic mass is 19.1. The first kappa shape index (κ1) is 13.1. The summed E-state index contributed by atoms with van der Waals surface area (Å²) in [6.45, 7) is -0.241. The van der Waals surface area contributed by atoms with Crippen LogP contribution in [0, 0.1) is 5.82 Å². The van der Waals surface area contributed by atoms with E-state index < -0.39 is 11.8 Å². The fourth-order valence-corrected chi connectivity index (χ4v) is 1.15. The standard InChI is InChI=1S/C11H14FN3O2/c12-9-4-2-1-3-8(9)6-14-11(17)7-15-10(16)5-13/h1-4H,5-7,13H2,(H,14,17)(H,15,16). The molecule has 0 atom stereocenters. The van der Waals surface area contributed by atoms with Crippen molar-refractivity contribution in [3.05, 3.63) is 35.6 Å². The van der Waals surface area contributed by atoms with E-state index in [-0.39, 0.29) is 25.5 Å². The lowest BCUT2D eigenvalue weighted by Gasteiger charge is -2.06. The van der Waals surface area contributed by atoms with Crippen molar-refractivity contribution in [3.8, 4) is 0 Å². The second-order valence-corrected chi connectivity index (χ2v) is 3.35. The van der Waals surface area contributed by atoms with Crippen molar-refractivity contribution in [2.24, 2.45) is 5.73 Å². The summed E-state index contributed by atoms with van der Waals surface area (Å²) in [5.74, 6) is -1.18. The number of carbonyl (C=O) groups excluding carboxylic acids is 2. The molecule has 0 fully saturated rings. The van der Waals surface area contributed by atoms with Crippen molar-refractivity contribution < 1.29 is 14.0 Å². The molecule has 92 valence electrons. The molecule has 2 amide bonds. The van der Waals surface area contributed by atoms with Gasteiger partial charge in [-0.15, -0.1) is 0 Å². The number of hydrogen-bond donors (Lipinski definition) is 3. The molecule has 0 aliphatic carbocycles. The molecule has 0 saturated carbocycles. The van der Waals surface area contributed by atoms with Crippen LogP contribution in [0.4, 0.5) is 4.39 Å². The molecule has 1 rings (SSSR count). The van der Waals surface area contributed by atoms with E-state index in [1.54, 1.807) is 18.2 Å². The van der Waals surface area contributed by atoms with Crippen LogP contribution < -0.4 is 16.4 Å². The SMILES string of the molecule is NCC(=O)NCC(=O)NCc1ccccc1F. The highest BCUT2D eigenvalue weighted by Gasteiger charge is 2.05. The van der Waals surface area contributed by atoms with Crippen molar-refractivity contribution in [2.75, 3.05) is 13.1 Å². The summed E-state index contributed by atoms with van der Waals surface area (Å²) in [4.78, 5) is 22.0. The van der Waals surface area contributed by atoms with Crippen LogP contribution >= 0.6 is 0 Å². The highest BCUT2D eigenvalue weighted by molar-refractivity contribution is 5.85. The molecular weight excluding hydrogens is 225 g/mol. The number of nitrogens with one attached hydrogen (secondary N) is 2. The molecule has 0 heterocycles. The summed E-state index contributed by atoms with van der Waals surface area (Å²) in [5.41, 5.74) is 5.44. The Hall–Kier alpha value is -1.95. The van der Waals surface area contributed by atoms with E-state index in [2.05, 4.69) is 10.6 Å². The lowest BCUT2D eigenvalue weighted by molar-refractivity contribution is -0.125. The molecule has 0 radical (unpaired) electrons. The third kappa shape index (κ3) is 4.60. The van der Waals surface area contributed by atoms with Gasteiger partial charge >= 0.3 is 0 Å². The monoisotopic (exact) mass is 239 g/mol. The van der Waals surface area contributed by atoms with Gasteiger partial charge in [0.05, 0.1) is 13.1 Å². The molecule has 0 aromatic heterocycles. The maximum absolute atomic E-state index is 13.2. The topological polar surface area (TPSA) is 84.2 Å². The number of nitrogens with two attached hydrogens (primary N) is 1. The Kier molecular flexibility index (Phi) is 5.09. The molecule has 0 saturated heterocycles. The first-order valence-electron chi connectivity index (χ1n) is 5.10. The molecule has 17 heavy (non-hydrogen) atoms. The van der Waals surface area contributed by atoms with Gasteiger partial charge in [-0.3, -0.25) is 9.59 Å². The van der Waals surface area contributed by atoms with E-state index in [0.29, 0.717) is 5.56 Å². The quantitative estimate of drug-likeness (QED) is 0.648. The van der Waals surface area contributed by atoms with E-state index >= 15 is 0 Å². The average Bonchev–Trinajstić information content (AvgIpc) is 2.35. The molecule has 6 heteroatoms. The van der Waals surface area contributed by atoms with Gasteiger partial charge in [0.2, 0.25) is 11.8 Å². The van der Waals surface area contributed by atoms with Crippen molar-refractivity contribution >= 4 is 11.8 Å². The Balaban J connectivity index is 2.34. The molecular formula is C11H14FN3O2. The summed E-state index contributed by atoms with van der Waals surface area (Å²) < 4.78 is 13.2. The molecule has 0 unspecified atom stereocenters. The van der Waals surface area contributed by atoms with Crippen molar-refractivity contribution in [2.45, 2.75) is 6.54 Å². The number of benzene rings is 1. The predicted octanol–water partition coefficient (Wildman–Crippen LogP) is -0.483. The van der Waals surface area contributed by atoms with Gasteiger partial charge < -0.3 is 16.4 Å². The van der Waals surface area contributed by atoms with Gasteiger partial charge in [-0.2, -0.15) is 0 Å². The minimum Gasteiger partial charge on any atom is -0.350 e. The van der Waals surface area contributed by atoms with Crippen LogP contribution in [0.2, 0.25) is 0 Å². The third-order valence-electron chi connectivity index (χ3n) is 2.07. The minimum absolute atomic E-state index is 0.0873. The maximum Gasteiger partial charge on any atom is 0.239 e. The van der Waals surface area contributed by atoms with Gasteiger partial charge in [0, 0.05) is 12.1 Å². The summed E-state index contributed by atoms with van der Waals surface area (Å²) in [5, 5.41) is 4.80. The van der Waals surface area contributed by atoms with Crippen LogP contribution in [-0.4, -0.2) is 24.9 Å². The normalized spacial score (nSPS) is 9.76. The van der Waals surface area contributed by atoms with Crippen LogP contribution in [-0.2, 0) is 16.1 Å². The molecule has 0 bridgehead atoms. The Labute approximate surface area is 98.2 Å². The molecule has 0 spiro atoms. The predicted molar refractivity (Wildman–Crippen MR) is 60.3 cm³/mol. The van der Waals surface area contributed by atoms with Crippen LogP contribution in [0.5, 0.6) is 0 Å². The first-order chi connectivity index (χ1) is 8.13. The van der Waals surface area contributed by atoms with E-state index in [4.69, 9.17) is 5.73 Å². The molecule has 1 aromatic rings. The van der Waals surface area contributed by atoms with E-state index in [1.807, 2.05) is 0 Å². The van der Waals surface area contributed by atoms with Gasteiger partial charge in [0.1, 0.15) is 5.82 Å². The summed E-state index contributed by atoms with van der Waals surface area (Å²) in [6.07, 6.45) is 0.